The first-order valence-electron chi connectivity index (χ1n) is 10.1. The van der Waals surface area contributed by atoms with Crippen LogP contribution in [0.25, 0.3) is 0 Å². The number of rotatable bonds is 8. The zero-order valence-electron chi connectivity index (χ0n) is 17.5. The first-order valence-corrected chi connectivity index (χ1v) is 10.1. The third-order valence-electron chi connectivity index (χ3n) is 5.75. The van der Waals surface area contributed by atoms with Crippen LogP contribution in [0.2, 0.25) is 0 Å². The van der Waals surface area contributed by atoms with E-state index in [0.29, 0.717) is 4.48 Å². The highest BCUT2D eigenvalue weighted by Crippen LogP contribution is 2.29. The summed E-state index contributed by atoms with van der Waals surface area (Å²) in [6, 6.07) is 5.66. The molecular formula is C22H33N2O4+. The minimum Gasteiger partial charge on any atom is -0.469 e. The molecule has 1 aromatic carbocycles. The second-order valence-corrected chi connectivity index (χ2v) is 7.88. The second-order valence-electron chi connectivity index (χ2n) is 7.88. The van der Waals surface area contributed by atoms with E-state index < -0.39 is 5.97 Å². The molecule has 1 saturated heterocycles. The molecule has 6 nitrogen and oxygen atoms in total. The average Bonchev–Trinajstić information content (AvgIpc) is 2.65. The number of nitrogens with one attached hydrogen (secondary N) is 1. The van der Waals surface area contributed by atoms with Gasteiger partial charge in [0.25, 0.3) is 5.91 Å². The zero-order valence-corrected chi connectivity index (χ0v) is 17.5. The molecule has 0 saturated carbocycles. The summed E-state index contributed by atoms with van der Waals surface area (Å²) in [4.78, 5) is 37.4. The van der Waals surface area contributed by atoms with Crippen molar-refractivity contribution in [2.75, 3.05) is 32.1 Å². The van der Waals surface area contributed by atoms with Gasteiger partial charge in [0, 0.05) is 12.1 Å². The van der Waals surface area contributed by atoms with Crippen LogP contribution < -0.4 is 5.32 Å². The Hall–Kier alpha value is -2.21. The molecule has 0 spiro atoms. The first kappa shape index (κ1) is 22.1. The Bertz CT molecular complexity index is 707. The SMILES string of the molecule is CCC[N+]1(CC(=O)CC(=O)OC)CCCCC1C(=O)Nc1c(C)cccc1C. The number of likely N-dealkylation sites (tertiary alicyclic amines) is 1. The number of carbonyl (C=O) groups is 3. The van der Waals surface area contributed by atoms with E-state index in [-0.39, 0.29) is 30.7 Å². The van der Waals surface area contributed by atoms with E-state index in [2.05, 4.69) is 17.0 Å². The molecule has 28 heavy (non-hydrogen) atoms. The van der Waals surface area contributed by atoms with Crippen molar-refractivity contribution in [3.63, 3.8) is 0 Å². The lowest BCUT2D eigenvalue weighted by Crippen LogP contribution is -2.64. The minimum absolute atomic E-state index is 0.0311. The number of aryl methyl sites for hydroxylation is 2. The summed E-state index contributed by atoms with van der Waals surface area (Å²) in [5, 5.41) is 3.13. The monoisotopic (exact) mass is 389 g/mol. The maximum Gasteiger partial charge on any atom is 0.313 e. The molecule has 1 N–H and O–H groups in total. The van der Waals surface area contributed by atoms with Gasteiger partial charge in [-0.1, -0.05) is 25.1 Å². The predicted octanol–water partition coefficient (Wildman–Crippen LogP) is 3.15. The van der Waals surface area contributed by atoms with Crippen LogP contribution in [0.5, 0.6) is 0 Å². The Morgan fingerprint density at radius 2 is 1.86 bits per heavy atom. The van der Waals surface area contributed by atoms with Gasteiger partial charge in [0.2, 0.25) is 0 Å². The number of benzene rings is 1. The number of quaternary nitrogens is 1. The summed E-state index contributed by atoms with van der Waals surface area (Å²) >= 11 is 0. The van der Waals surface area contributed by atoms with Crippen molar-refractivity contribution in [2.24, 2.45) is 0 Å². The van der Waals surface area contributed by atoms with Crippen LogP contribution in [0, 0.1) is 13.8 Å². The number of anilines is 1. The summed E-state index contributed by atoms with van der Waals surface area (Å²) in [7, 11) is 1.29. The Morgan fingerprint density at radius 3 is 2.46 bits per heavy atom. The quantitative estimate of drug-likeness (QED) is 0.421. The number of Topliss-reactive ketones (excluding diaryl/α,β-unsaturated/α-hetero) is 1. The largest absolute Gasteiger partial charge is 0.469 e. The minimum atomic E-state index is -0.520. The highest BCUT2D eigenvalue weighted by molar-refractivity contribution is 5.97. The topological polar surface area (TPSA) is 72.5 Å². The average molecular weight is 390 g/mol. The van der Waals surface area contributed by atoms with Gasteiger partial charge < -0.3 is 14.5 Å². The number of esters is 1. The Balaban J connectivity index is 2.25. The van der Waals surface area contributed by atoms with E-state index in [4.69, 9.17) is 0 Å². The van der Waals surface area contributed by atoms with Crippen LogP contribution >= 0.6 is 0 Å². The standard InChI is InChI=1S/C22H32N2O4/c1-5-12-24(15-18(25)14-20(26)28-4)13-7-6-11-19(24)22(27)23-21-16(2)9-8-10-17(21)3/h8-10,19H,5-7,11-15H2,1-4H3/p+1. The number of hydrogen-bond donors (Lipinski definition) is 1. The van der Waals surface area contributed by atoms with E-state index in [0.717, 1.165) is 55.6 Å². The Morgan fingerprint density at radius 1 is 1.18 bits per heavy atom. The number of para-hydroxylation sites is 1. The van der Waals surface area contributed by atoms with Gasteiger partial charge in [0.1, 0.15) is 13.0 Å². The van der Waals surface area contributed by atoms with E-state index in [9.17, 15) is 14.4 Å². The number of ether oxygens (including phenoxy) is 1. The van der Waals surface area contributed by atoms with Gasteiger partial charge in [0.05, 0.1) is 20.2 Å². The zero-order chi connectivity index (χ0) is 20.7. The van der Waals surface area contributed by atoms with E-state index in [1.165, 1.54) is 7.11 Å². The molecule has 2 atom stereocenters. The van der Waals surface area contributed by atoms with Crippen LogP contribution in [0.3, 0.4) is 0 Å². The van der Waals surface area contributed by atoms with Crippen LogP contribution in [0.4, 0.5) is 5.69 Å². The number of amides is 1. The van der Waals surface area contributed by atoms with E-state index in [1.807, 2.05) is 32.0 Å². The van der Waals surface area contributed by atoms with Gasteiger partial charge in [-0.3, -0.25) is 14.4 Å². The molecule has 0 radical (unpaired) electrons. The molecule has 1 aliphatic heterocycles. The molecule has 2 rings (SSSR count). The fraction of sp³-hybridized carbons (Fsp3) is 0.591. The number of methoxy groups -OCH3 is 1. The number of carbonyl (C=O) groups excluding carboxylic acids is 3. The molecule has 1 heterocycles. The van der Waals surface area contributed by atoms with Crippen molar-refractivity contribution in [3.05, 3.63) is 29.3 Å². The molecule has 1 fully saturated rings. The summed E-state index contributed by atoms with van der Waals surface area (Å²) in [6.07, 6.45) is 3.35. The van der Waals surface area contributed by atoms with Gasteiger partial charge in [-0.25, -0.2) is 0 Å². The lowest BCUT2D eigenvalue weighted by molar-refractivity contribution is -0.940. The summed E-state index contributed by atoms with van der Waals surface area (Å²) in [5.41, 5.74) is 2.91. The van der Waals surface area contributed by atoms with Crippen molar-refractivity contribution < 1.29 is 23.6 Å². The number of hydrogen-bond acceptors (Lipinski definition) is 4. The highest BCUT2D eigenvalue weighted by Gasteiger charge is 2.44. The molecule has 1 aliphatic rings. The molecule has 154 valence electrons. The number of ketones is 1. The second kappa shape index (κ2) is 9.82. The molecule has 1 amide bonds. The van der Waals surface area contributed by atoms with Crippen molar-refractivity contribution in [2.45, 2.75) is 58.9 Å². The predicted molar refractivity (Wildman–Crippen MR) is 109 cm³/mol. The summed E-state index contributed by atoms with van der Waals surface area (Å²) in [5.74, 6) is -0.711. The van der Waals surface area contributed by atoms with Crippen molar-refractivity contribution in [3.8, 4) is 0 Å². The van der Waals surface area contributed by atoms with Crippen LogP contribution in [0.1, 0.15) is 50.2 Å². The molecule has 0 aliphatic carbocycles. The van der Waals surface area contributed by atoms with Gasteiger partial charge in [-0.05, 0) is 44.2 Å². The first-order chi connectivity index (χ1) is 13.3. The van der Waals surface area contributed by atoms with Crippen molar-refractivity contribution in [1.29, 1.82) is 0 Å². The van der Waals surface area contributed by atoms with Gasteiger partial charge >= 0.3 is 5.97 Å². The summed E-state index contributed by atoms with van der Waals surface area (Å²) in [6.45, 7) is 7.77. The lowest BCUT2D eigenvalue weighted by atomic mass is 9.95. The fourth-order valence-corrected chi connectivity index (χ4v) is 4.41. The third-order valence-corrected chi connectivity index (χ3v) is 5.75. The van der Waals surface area contributed by atoms with Crippen molar-refractivity contribution in [1.82, 2.24) is 0 Å². The Labute approximate surface area is 167 Å². The normalized spacial score (nSPS) is 21.8. The lowest BCUT2D eigenvalue weighted by Gasteiger charge is -2.46. The van der Waals surface area contributed by atoms with E-state index >= 15 is 0 Å². The molecule has 0 aromatic heterocycles. The van der Waals surface area contributed by atoms with Gasteiger partial charge in [-0.2, -0.15) is 0 Å². The van der Waals surface area contributed by atoms with Crippen LogP contribution in [0.15, 0.2) is 18.2 Å². The molecule has 1 aromatic rings. The van der Waals surface area contributed by atoms with Crippen LogP contribution in [-0.2, 0) is 19.1 Å². The smallest absolute Gasteiger partial charge is 0.313 e. The molecule has 6 heteroatoms. The van der Waals surface area contributed by atoms with Crippen LogP contribution in [-0.4, -0.2) is 54.9 Å². The van der Waals surface area contributed by atoms with Gasteiger partial charge in [-0.15, -0.1) is 0 Å². The fourth-order valence-electron chi connectivity index (χ4n) is 4.41. The van der Waals surface area contributed by atoms with Gasteiger partial charge in [0.15, 0.2) is 11.8 Å². The molecular weight excluding hydrogens is 356 g/mol. The Kier molecular flexibility index (Phi) is 7.75. The molecule has 2 unspecified atom stereocenters. The maximum absolute atomic E-state index is 13.3. The highest BCUT2D eigenvalue weighted by atomic mass is 16.5. The third kappa shape index (κ3) is 5.19. The van der Waals surface area contributed by atoms with E-state index in [1.54, 1.807) is 0 Å². The maximum atomic E-state index is 13.3. The molecule has 0 bridgehead atoms. The summed E-state index contributed by atoms with van der Waals surface area (Å²) < 4.78 is 5.07. The number of nitrogens with zero attached hydrogens (tertiary/aromatic N) is 1. The number of piperidine rings is 1. The van der Waals surface area contributed by atoms with Crippen molar-refractivity contribution >= 4 is 23.3 Å².